The highest BCUT2D eigenvalue weighted by Gasteiger charge is 2.37. The molecule has 0 aromatic carbocycles. The SMILES string of the molecule is CCCCC(CC)CN1C(=O)C(=O)c2sccc21.CCCCC(CC)CN1C(=O)Cc2sccc21. The number of fused-ring (bicyclic) bond motifs is 2. The van der Waals surface area contributed by atoms with Crippen LogP contribution in [0.4, 0.5) is 11.4 Å². The number of hydrogen-bond donors (Lipinski definition) is 0. The fourth-order valence-electron chi connectivity index (χ4n) is 4.82. The van der Waals surface area contributed by atoms with E-state index in [0.29, 0.717) is 35.6 Å². The number of unbranched alkanes of at least 4 members (excludes halogenated alkanes) is 2. The molecule has 35 heavy (non-hydrogen) atoms. The van der Waals surface area contributed by atoms with E-state index in [1.165, 1.54) is 60.4 Å². The average Bonchev–Trinajstić information content (AvgIpc) is 3.62. The van der Waals surface area contributed by atoms with Gasteiger partial charge in [0.1, 0.15) is 4.88 Å². The summed E-state index contributed by atoms with van der Waals surface area (Å²) in [5.74, 6) is 0.774. The van der Waals surface area contributed by atoms with Crippen molar-refractivity contribution >= 4 is 51.6 Å². The summed E-state index contributed by atoms with van der Waals surface area (Å²) in [6.07, 6.45) is 10.1. The summed E-state index contributed by atoms with van der Waals surface area (Å²) >= 11 is 3.08. The molecule has 0 saturated heterocycles. The van der Waals surface area contributed by atoms with Gasteiger partial charge in [-0.2, -0.15) is 0 Å². The van der Waals surface area contributed by atoms with Crippen molar-refractivity contribution < 1.29 is 14.4 Å². The minimum atomic E-state index is -0.341. The molecule has 5 nitrogen and oxygen atoms in total. The van der Waals surface area contributed by atoms with E-state index in [2.05, 4.69) is 39.1 Å². The maximum absolute atomic E-state index is 12.0. The number of thiophene rings is 2. The molecule has 2 unspecified atom stereocenters. The van der Waals surface area contributed by atoms with E-state index in [0.717, 1.165) is 25.1 Å². The van der Waals surface area contributed by atoms with Crippen LogP contribution in [0.1, 0.15) is 93.6 Å². The van der Waals surface area contributed by atoms with Crippen LogP contribution < -0.4 is 9.80 Å². The molecule has 7 heteroatoms. The quantitative estimate of drug-likeness (QED) is 0.277. The Labute approximate surface area is 218 Å². The predicted octanol–water partition coefficient (Wildman–Crippen LogP) is 7.35. The first-order chi connectivity index (χ1) is 16.9. The first-order valence-corrected chi connectivity index (χ1v) is 15.0. The van der Waals surface area contributed by atoms with E-state index in [-0.39, 0.29) is 11.7 Å². The van der Waals surface area contributed by atoms with Gasteiger partial charge in [-0.15, -0.1) is 22.7 Å². The Kier molecular flexibility index (Phi) is 10.5. The number of rotatable bonds is 12. The highest BCUT2D eigenvalue weighted by atomic mass is 32.1. The van der Waals surface area contributed by atoms with Crippen LogP contribution in [0.5, 0.6) is 0 Å². The van der Waals surface area contributed by atoms with E-state index >= 15 is 0 Å². The van der Waals surface area contributed by atoms with Crippen LogP contribution in [-0.2, 0) is 16.0 Å². The highest BCUT2D eigenvalue weighted by Crippen LogP contribution is 2.35. The lowest BCUT2D eigenvalue weighted by Crippen LogP contribution is -2.34. The summed E-state index contributed by atoms with van der Waals surface area (Å²) in [5.41, 5.74) is 2.00. The molecule has 2 aliphatic rings. The summed E-state index contributed by atoms with van der Waals surface area (Å²) in [7, 11) is 0. The molecule has 2 aromatic heterocycles. The molecular formula is C28H40N2O3S2. The standard InChI is InChI=1S/C14H19NO2S.C14H21NOS/c1-3-5-6-10(4-2)9-15-11-7-8-18-13(11)12(16)14(15)17;1-3-5-6-11(4-2)10-15-12-7-8-17-13(12)9-14(15)16/h7-8,10H,3-6,9H2,1-2H3;7-8,11H,3-6,9-10H2,1-2H3. The smallest absolute Gasteiger partial charge is 0.300 e. The molecule has 0 saturated carbocycles. The number of hydrogen-bond acceptors (Lipinski definition) is 5. The number of anilines is 2. The van der Waals surface area contributed by atoms with Crippen LogP contribution in [0.25, 0.3) is 0 Å². The van der Waals surface area contributed by atoms with Crippen molar-refractivity contribution in [2.75, 3.05) is 22.9 Å². The van der Waals surface area contributed by atoms with E-state index < -0.39 is 0 Å². The number of carbonyl (C=O) groups is 3. The third-order valence-electron chi connectivity index (χ3n) is 7.17. The lowest BCUT2D eigenvalue weighted by atomic mass is 9.99. The molecule has 0 bridgehead atoms. The zero-order valence-electron chi connectivity index (χ0n) is 21.7. The van der Waals surface area contributed by atoms with Crippen molar-refractivity contribution in [3.8, 4) is 0 Å². The van der Waals surface area contributed by atoms with Gasteiger partial charge >= 0.3 is 0 Å². The molecule has 2 amide bonds. The molecule has 4 rings (SSSR count). The van der Waals surface area contributed by atoms with Crippen molar-refractivity contribution in [1.29, 1.82) is 0 Å². The lowest BCUT2D eigenvalue weighted by Gasteiger charge is -2.23. The highest BCUT2D eigenvalue weighted by molar-refractivity contribution is 7.14. The molecule has 2 aliphatic heterocycles. The maximum Gasteiger partial charge on any atom is 0.300 e. The van der Waals surface area contributed by atoms with Gasteiger partial charge in [-0.25, -0.2) is 0 Å². The molecule has 4 heterocycles. The first kappa shape index (κ1) is 27.6. The van der Waals surface area contributed by atoms with Gasteiger partial charge in [0.15, 0.2) is 0 Å². The number of amides is 2. The van der Waals surface area contributed by atoms with E-state index in [1.807, 2.05) is 16.3 Å². The van der Waals surface area contributed by atoms with E-state index in [1.54, 1.807) is 16.2 Å². The third kappa shape index (κ3) is 6.62. The summed E-state index contributed by atoms with van der Waals surface area (Å²) in [6, 6.07) is 3.98. The Bertz CT molecular complexity index is 996. The van der Waals surface area contributed by atoms with Crippen molar-refractivity contribution in [3.63, 3.8) is 0 Å². The predicted molar refractivity (Wildman–Crippen MR) is 148 cm³/mol. The molecule has 192 valence electrons. The molecule has 2 aromatic rings. The van der Waals surface area contributed by atoms with Crippen molar-refractivity contribution in [2.24, 2.45) is 11.8 Å². The van der Waals surface area contributed by atoms with Crippen LogP contribution in [0.3, 0.4) is 0 Å². The van der Waals surface area contributed by atoms with Crippen molar-refractivity contribution in [3.05, 3.63) is 32.6 Å². The van der Waals surface area contributed by atoms with Crippen molar-refractivity contribution in [1.82, 2.24) is 0 Å². The molecule has 2 atom stereocenters. The largest absolute Gasteiger partial charge is 0.311 e. The topological polar surface area (TPSA) is 57.7 Å². The van der Waals surface area contributed by atoms with Crippen LogP contribution >= 0.6 is 22.7 Å². The molecule has 0 radical (unpaired) electrons. The molecule has 0 spiro atoms. The van der Waals surface area contributed by atoms with Crippen LogP contribution in [0.2, 0.25) is 0 Å². The number of Topliss-reactive ketones (excluding diaryl/α,β-unsaturated/α-hetero) is 1. The number of nitrogens with zero attached hydrogens (tertiary/aromatic N) is 2. The Morgan fingerprint density at radius 2 is 1.37 bits per heavy atom. The monoisotopic (exact) mass is 516 g/mol. The second-order valence-corrected chi connectivity index (χ2v) is 11.5. The third-order valence-corrected chi connectivity index (χ3v) is 8.99. The summed E-state index contributed by atoms with van der Waals surface area (Å²) < 4.78 is 0. The van der Waals surface area contributed by atoms with Gasteiger partial charge in [0.2, 0.25) is 5.91 Å². The average molecular weight is 517 g/mol. The molecular weight excluding hydrogens is 476 g/mol. The minimum Gasteiger partial charge on any atom is -0.311 e. The van der Waals surface area contributed by atoms with Gasteiger partial charge in [-0.3, -0.25) is 14.4 Å². The fourth-order valence-corrected chi connectivity index (χ4v) is 6.51. The lowest BCUT2D eigenvalue weighted by molar-refractivity contribution is -0.117. The molecule has 0 aliphatic carbocycles. The molecule has 0 fully saturated rings. The van der Waals surface area contributed by atoms with Gasteiger partial charge in [0, 0.05) is 18.0 Å². The Balaban J connectivity index is 0.000000196. The van der Waals surface area contributed by atoms with Crippen LogP contribution in [0, 0.1) is 11.8 Å². The maximum atomic E-state index is 12.0. The number of ketones is 1. The summed E-state index contributed by atoms with van der Waals surface area (Å²) in [5, 5.41) is 3.98. The second-order valence-electron chi connectivity index (χ2n) is 9.62. The van der Waals surface area contributed by atoms with Gasteiger partial charge < -0.3 is 9.80 Å². The van der Waals surface area contributed by atoms with Gasteiger partial charge in [0.05, 0.1) is 17.8 Å². The Hall–Kier alpha value is -1.99. The number of carbonyl (C=O) groups excluding carboxylic acids is 3. The minimum absolute atomic E-state index is 0.293. The fraction of sp³-hybridized carbons (Fsp3) is 0.607. The zero-order chi connectivity index (χ0) is 25.4. The Morgan fingerprint density at radius 3 is 1.97 bits per heavy atom. The normalized spacial score (nSPS) is 16.3. The zero-order valence-corrected chi connectivity index (χ0v) is 23.3. The van der Waals surface area contributed by atoms with Gasteiger partial charge in [-0.05, 0) is 47.6 Å². The summed E-state index contributed by atoms with van der Waals surface area (Å²) in [6.45, 7) is 10.4. The van der Waals surface area contributed by atoms with Crippen LogP contribution in [0.15, 0.2) is 22.9 Å². The Morgan fingerprint density at radius 1 is 0.800 bits per heavy atom. The first-order valence-electron chi connectivity index (χ1n) is 13.2. The second kappa shape index (κ2) is 13.4. The van der Waals surface area contributed by atoms with Gasteiger partial charge in [0.25, 0.3) is 11.7 Å². The summed E-state index contributed by atoms with van der Waals surface area (Å²) in [4.78, 5) is 41.2. The van der Waals surface area contributed by atoms with E-state index in [9.17, 15) is 14.4 Å². The van der Waals surface area contributed by atoms with E-state index in [4.69, 9.17) is 0 Å². The molecule has 0 N–H and O–H groups in total. The van der Waals surface area contributed by atoms with Gasteiger partial charge in [-0.1, -0.05) is 66.2 Å². The van der Waals surface area contributed by atoms with Crippen LogP contribution in [-0.4, -0.2) is 30.7 Å². The van der Waals surface area contributed by atoms with Crippen molar-refractivity contribution in [2.45, 2.75) is 85.5 Å².